The summed E-state index contributed by atoms with van der Waals surface area (Å²) in [6.45, 7) is 3.69. The van der Waals surface area contributed by atoms with Crippen molar-refractivity contribution in [2.75, 3.05) is 0 Å². The predicted molar refractivity (Wildman–Crippen MR) is 52.7 cm³/mol. The summed E-state index contributed by atoms with van der Waals surface area (Å²) in [4.78, 5) is 11.1. The van der Waals surface area contributed by atoms with E-state index in [2.05, 4.69) is 0 Å². The molecule has 0 unspecified atom stereocenters. The number of rotatable bonds is 0. The zero-order chi connectivity index (χ0) is 10.3. The molecule has 1 aliphatic heterocycles. The second-order valence-electron chi connectivity index (χ2n) is 3.33. The van der Waals surface area contributed by atoms with Gasteiger partial charge in [-0.05, 0) is 37.6 Å². The lowest BCUT2D eigenvalue weighted by Gasteiger charge is -2.09. The van der Waals surface area contributed by atoms with E-state index in [1.54, 1.807) is 13.0 Å². The van der Waals surface area contributed by atoms with Gasteiger partial charge in [-0.3, -0.25) is 4.79 Å². The minimum atomic E-state index is -0.411. The molecule has 0 bridgehead atoms. The molecule has 1 aliphatic carbocycles. The van der Waals surface area contributed by atoms with Crippen molar-refractivity contribution in [2.45, 2.75) is 13.8 Å². The Morgan fingerprint density at radius 1 is 1.29 bits per heavy atom. The molecular weight excluding hydrogens is 180 g/mol. The van der Waals surface area contributed by atoms with Crippen molar-refractivity contribution in [2.24, 2.45) is 0 Å². The zero-order valence-electron chi connectivity index (χ0n) is 8.00. The molecule has 14 heavy (non-hydrogen) atoms. The van der Waals surface area contributed by atoms with Crippen molar-refractivity contribution < 1.29 is 9.52 Å². The Balaban J connectivity index is 2.94. The summed E-state index contributed by atoms with van der Waals surface area (Å²) in [7, 11) is 0. The van der Waals surface area contributed by atoms with Gasteiger partial charge < -0.3 is 9.52 Å². The van der Waals surface area contributed by atoms with Gasteiger partial charge in [-0.25, -0.2) is 0 Å². The third kappa shape index (κ3) is 1.18. The topological polar surface area (TPSA) is 50.4 Å². The summed E-state index contributed by atoms with van der Waals surface area (Å²) in [6, 6.07) is 4.87. The van der Waals surface area contributed by atoms with Crippen molar-refractivity contribution in [1.82, 2.24) is 0 Å². The lowest BCUT2D eigenvalue weighted by atomic mass is 10.0. The molecule has 0 atom stereocenters. The van der Waals surface area contributed by atoms with Crippen LogP contribution in [0.15, 0.2) is 27.4 Å². The third-order valence-corrected chi connectivity index (χ3v) is 2.20. The molecule has 0 saturated heterocycles. The van der Waals surface area contributed by atoms with Crippen LogP contribution in [0.5, 0.6) is 5.75 Å². The van der Waals surface area contributed by atoms with E-state index < -0.39 is 5.43 Å². The molecule has 2 aliphatic rings. The monoisotopic (exact) mass is 190 g/mol. The minimum absolute atomic E-state index is 0.273. The molecule has 0 spiro atoms. The number of aryl methyl sites for hydroxylation is 2. The molecule has 0 aromatic heterocycles. The molecule has 1 N–H and O–H groups in total. The molecule has 0 saturated carbocycles. The number of hydrogen-bond donors (Lipinski definition) is 1. The van der Waals surface area contributed by atoms with Gasteiger partial charge in [0, 0.05) is 5.56 Å². The highest BCUT2D eigenvalue weighted by Gasteiger charge is 2.15. The lowest BCUT2D eigenvalue weighted by Crippen LogP contribution is -2.01. The first kappa shape index (κ1) is 8.81. The van der Waals surface area contributed by atoms with Crippen LogP contribution in [0.2, 0.25) is 0 Å². The van der Waals surface area contributed by atoms with Crippen LogP contribution >= 0.6 is 0 Å². The average molecular weight is 190 g/mol. The number of fused-ring (bicyclic) bond motifs is 1. The molecule has 0 aromatic rings. The Kier molecular flexibility index (Phi) is 1.81. The van der Waals surface area contributed by atoms with E-state index >= 15 is 0 Å². The molecule has 3 heteroatoms. The van der Waals surface area contributed by atoms with Gasteiger partial charge in [0.25, 0.3) is 0 Å². The lowest BCUT2D eigenvalue weighted by molar-refractivity contribution is 0.435. The van der Waals surface area contributed by atoms with Crippen LogP contribution in [0.3, 0.4) is 0 Å². The van der Waals surface area contributed by atoms with Gasteiger partial charge in [0.05, 0.1) is 0 Å². The third-order valence-electron chi connectivity index (χ3n) is 2.20. The van der Waals surface area contributed by atoms with Gasteiger partial charge in [-0.1, -0.05) is 0 Å². The fourth-order valence-electron chi connectivity index (χ4n) is 1.54. The highest BCUT2D eigenvalue weighted by Crippen LogP contribution is 2.31. The fraction of sp³-hybridized carbons (Fsp3) is 0.182. The summed E-state index contributed by atoms with van der Waals surface area (Å²) in [5.41, 5.74) is 1.35. The molecular formula is C11H10O3. The first-order valence-electron chi connectivity index (χ1n) is 4.32. The maximum Gasteiger partial charge on any atom is 0.224 e. The predicted octanol–water partition coefficient (Wildman–Crippen LogP) is 2.07. The second-order valence-corrected chi connectivity index (χ2v) is 3.33. The summed E-state index contributed by atoms with van der Waals surface area (Å²) in [6.07, 6.45) is 0. The van der Waals surface area contributed by atoms with Crippen LogP contribution in [-0.4, -0.2) is 5.11 Å². The van der Waals surface area contributed by atoms with Crippen LogP contribution in [0.4, 0.5) is 0 Å². The van der Waals surface area contributed by atoms with Gasteiger partial charge in [-0.15, -0.1) is 0 Å². The summed E-state index contributed by atoms with van der Waals surface area (Å²) in [5.74, 6) is 0.639. The molecule has 2 rings (SSSR count). The van der Waals surface area contributed by atoms with Gasteiger partial charge in [0.1, 0.15) is 5.76 Å². The van der Waals surface area contributed by atoms with E-state index in [1.165, 1.54) is 6.07 Å². The van der Waals surface area contributed by atoms with E-state index in [-0.39, 0.29) is 11.5 Å². The van der Waals surface area contributed by atoms with Crippen LogP contribution in [0.25, 0.3) is 11.3 Å². The summed E-state index contributed by atoms with van der Waals surface area (Å²) < 4.78 is 5.30. The van der Waals surface area contributed by atoms with Crippen molar-refractivity contribution in [1.29, 1.82) is 0 Å². The molecule has 3 nitrogen and oxygen atoms in total. The number of hydrogen-bond acceptors (Lipinski definition) is 3. The minimum Gasteiger partial charge on any atom is -0.502 e. The van der Waals surface area contributed by atoms with Crippen molar-refractivity contribution in [3.05, 3.63) is 39.7 Å². The molecule has 0 aromatic carbocycles. The SMILES string of the molecule is Cc1cc(C)c2ccc(=O)c(O)c-2o1. The quantitative estimate of drug-likeness (QED) is 0.691. The normalized spacial score (nSPS) is 10.7. The standard InChI is InChI=1S/C11H10O3/c1-6-5-7(2)14-11-8(6)3-4-9(12)10(11)13/h3-5,13H,1-2H3. The Labute approximate surface area is 81.0 Å². The molecule has 0 amide bonds. The highest BCUT2D eigenvalue weighted by atomic mass is 16.4. The van der Waals surface area contributed by atoms with Crippen molar-refractivity contribution >= 4 is 0 Å². The number of aromatic hydroxyl groups is 1. The van der Waals surface area contributed by atoms with E-state index in [9.17, 15) is 9.90 Å². The van der Waals surface area contributed by atoms with Crippen LogP contribution < -0.4 is 5.43 Å². The fourth-order valence-corrected chi connectivity index (χ4v) is 1.54. The second kappa shape index (κ2) is 2.87. The maximum atomic E-state index is 11.1. The highest BCUT2D eigenvalue weighted by molar-refractivity contribution is 5.68. The van der Waals surface area contributed by atoms with E-state index in [4.69, 9.17) is 4.42 Å². The number of phenolic OH excluding ortho intramolecular Hbond substituents is 1. The Bertz CT molecular complexity index is 511. The average Bonchev–Trinajstić information content (AvgIpc) is 2.12. The van der Waals surface area contributed by atoms with Crippen LogP contribution in [0, 0.1) is 13.8 Å². The number of phenols is 1. The Morgan fingerprint density at radius 3 is 2.71 bits per heavy atom. The molecule has 1 heterocycles. The first-order valence-corrected chi connectivity index (χ1v) is 4.32. The van der Waals surface area contributed by atoms with E-state index in [1.807, 2.05) is 13.0 Å². The summed E-state index contributed by atoms with van der Waals surface area (Å²) >= 11 is 0. The van der Waals surface area contributed by atoms with Crippen molar-refractivity contribution in [3.8, 4) is 17.1 Å². The smallest absolute Gasteiger partial charge is 0.224 e. The van der Waals surface area contributed by atoms with E-state index in [0.717, 1.165) is 11.1 Å². The molecule has 72 valence electrons. The van der Waals surface area contributed by atoms with Crippen LogP contribution in [0.1, 0.15) is 11.3 Å². The molecule has 0 radical (unpaired) electrons. The van der Waals surface area contributed by atoms with Gasteiger partial charge in [-0.2, -0.15) is 0 Å². The van der Waals surface area contributed by atoms with Gasteiger partial charge in [0.2, 0.25) is 11.2 Å². The summed E-state index contributed by atoms with van der Waals surface area (Å²) in [5, 5.41) is 9.50. The van der Waals surface area contributed by atoms with Gasteiger partial charge >= 0.3 is 0 Å². The van der Waals surface area contributed by atoms with Gasteiger partial charge in [0.15, 0.2) is 5.76 Å². The van der Waals surface area contributed by atoms with E-state index in [0.29, 0.717) is 5.76 Å². The Hall–Kier alpha value is -1.77. The van der Waals surface area contributed by atoms with Crippen LogP contribution in [-0.2, 0) is 0 Å². The largest absolute Gasteiger partial charge is 0.502 e. The first-order chi connectivity index (χ1) is 6.59. The van der Waals surface area contributed by atoms with Crippen molar-refractivity contribution in [3.63, 3.8) is 0 Å². The molecule has 0 fully saturated rings. The Morgan fingerprint density at radius 2 is 2.00 bits per heavy atom. The zero-order valence-corrected chi connectivity index (χ0v) is 8.00. The number of benzene rings is 1. The maximum absolute atomic E-state index is 11.1.